The summed E-state index contributed by atoms with van der Waals surface area (Å²) in [4.78, 5) is 16.1. The third kappa shape index (κ3) is 2.19. The van der Waals surface area contributed by atoms with Crippen LogP contribution in [0.15, 0.2) is 60.9 Å². The first kappa shape index (κ1) is 12.2. The lowest BCUT2D eigenvalue weighted by molar-refractivity contribution is 0.102. The van der Waals surface area contributed by atoms with Crippen molar-refractivity contribution in [3.8, 4) is 0 Å². The quantitative estimate of drug-likeness (QED) is 0.698. The number of hydrogen-bond donors (Lipinski definition) is 2. The highest BCUT2D eigenvalue weighted by molar-refractivity contribution is 6.10. The first-order valence-corrected chi connectivity index (χ1v) is 6.24. The molecule has 0 atom stereocenters. The van der Waals surface area contributed by atoms with Gasteiger partial charge >= 0.3 is 0 Å². The third-order valence-electron chi connectivity index (χ3n) is 3.15. The summed E-state index contributed by atoms with van der Waals surface area (Å²) in [6, 6.07) is 14.7. The molecule has 3 N–H and O–H groups in total. The van der Waals surface area contributed by atoms with E-state index >= 15 is 0 Å². The summed E-state index contributed by atoms with van der Waals surface area (Å²) in [6.45, 7) is 0. The molecule has 1 amide bonds. The number of carbonyl (C=O) groups is 1. The van der Waals surface area contributed by atoms with Crippen LogP contribution in [0, 0.1) is 0 Å². The number of anilines is 2. The summed E-state index contributed by atoms with van der Waals surface area (Å²) in [5.74, 6) is -0.165. The van der Waals surface area contributed by atoms with Crippen LogP contribution < -0.4 is 11.1 Å². The zero-order chi connectivity index (χ0) is 13.9. The van der Waals surface area contributed by atoms with Crippen molar-refractivity contribution in [3.63, 3.8) is 0 Å². The minimum absolute atomic E-state index is 0.165. The average molecular weight is 263 g/mol. The number of pyridine rings is 1. The molecule has 0 saturated heterocycles. The lowest BCUT2D eigenvalue weighted by atomic mass is 10.1. The maximum Gasteiger partial charge on any atom is 0.255 e. The minimum Gasteiger partial charge on any atom is -0.398 e. The van der Waals surface area contributed by atoms with E-state index in [4.69, 9.17) is 5.73 Å². The molecule has 20 heavy (non-hydrogen) atoms. The summed E-state index contributed by atoms with van der Waals surface area (Å²) >= 11 is 0. The van der Waals surface area contributed by atoms with E-state index in [1.165, 1.54) is 0 Å². The number of amides is 1. The van der Waals surface area contributed by atoms with Gasteiger partial charge in [-0.25, -0.2) is 0 Å². The molecule has 3 rings (SSSR count). The van der Waals surface area contributed by atoms with Gasteiger partial charge in [-0.3, -0.25) is 9.78 Å². The van der Waals surface area contributed by atoms with Crippen LogP contribution in [0.1, 0.15) is 10.4 Å². The van der Waals surface area contributed by atoms with Gasteiger partial charge < -0.3 is 11.1 Å². The SMILES string of the molecule is Nc1ccc(NC(=O)c2ccncc2)c2ccccc12. The summed E-state index contributed by atoms with van der Waals surface area (Å²) in [5.41, 5.74) is 7.96. The molecular weight excluding hydrogens is 250 g/mol. The maximum absolute atomic E-state index is 12.2. The number of nitrogens with one attached hydrogen (secondary N) is 1. The second-order valence-electron chi connectivity index (χ2n) is 4.44. The van der Waals surface area contributed by atoms with Gasteiger partial charge in [-0.05, 0) is 24.3 Å². The van der Waals surface area contributed by atoms with Gasteiger partial charge in [0.1, 0.15) is 0 Å². The molecule has 0 fully saturated rings. The summed E-state index contributed by atoms with van der Waals surface area (Å²) in [6.07, 6.45) is 3.19. The van der Waals surface area contributed by atoms with Crippen molar-refractivity contribution < 1.29 is 4.79 Å². The zero-order valence-corrected chi connectivity index (χ0v) is 10.7. The number of benzene rings is 2. The van der Waals surface area contributed by atoms with Gasteiger partial charge in [0, 0.05) is 40.1 Å². The van der Waals surface area contributed by atoms with E-state index in [2.05, 4.69) is 10.3 Å². The molecule has 0 radical (unpaired) electrons. The second-order valence-corrected chi connectivity index (χ2v) is 4.44. The Morgan fingerprint density at radius 1 is 0.950 bits per heavy atom. The first-order chi connectivity index (χ1) is 9.75. The van der Waals surface area contributed by atoms with E-state index < -0.39 is 0 Å². The molecule has 0 aliphatic rings. The normalized spacial score (nSPS) is 10.4. The molecule has 0 aliphatic heterocycles. The first-order valence-electron chi connectivity index (χ1n) is 6.24. The second kappa shape index (κ2) is 5.01. The number of carbonyl (C=O) groups excluding carboxylic acids is 1. The Hall–Kier alpha value is -2.88. The number of nitrogens with two attached hydrogens (primary N) is 1. The number of fused-ring (bicyclic) bond motifs is 1. The number of aromatic nitrogens is 1. The Kier molecular flexibility index (Phi) is 3.05. The Morgan fingerprint density at radius 3 is 2.40 bits per heavy atom. The highest BCUT2D eigenvalue weighted by Gasteiger charge is 2.08. The fourth-order valence-corrected chi connectivity index (χ4v) is 2.13. The van der Waals surface area contributed by atoms with E-state index in [0.717, 1.165) is 16.5 Å². The topological polar surface area (TPSA) is 68.0 Å². The van der Waals surface area contributed by atoms with Crippen molar-refractivity contribution in [3.05, 3.63) is 66.5 Å². The van der Waals surface area contributed by atoms with Crippen LogP contribution in [0.25, 0.3) is 10.8 Å². The van der Waals surface area contributed by atoms with Gasteiger partial charge in [-0.2, -0.15) is 0 Å². The van der Waals surface area contributed by atoms with Crippen LogP contribution in [-0.4, -0.2) is 10.9 Å². The van der Waals surface area contributed by atoms with Crippen molar-refractivity contribution >= 4 is 28.1 Å². The molecule has 4 nitrogen and oxygen atoms in total. The van der Waals surface area contributed by atoms with Gasteiger partial charge in [0.2, 0.25) is 0 Å². The van der Waals surface area contributed by atoms with Crippen molar-refractivity contribution in [2.75, 3.05) is 11.1 Å². The van der Waals surface area contributed by atoms with Gasteiger partial charge in [-0.1, -0.05) is 24.3 Å². The standard InChI is InChI=1S/C16H13N3O/c17-14-5-6-15(13-4-2-1-3-12(13)14)19-16(20)11-7-9-18-10-8-11/h1-10H,17H2,(H,19,20). The Bertz CT molecular complexity index is 769. The van der Waals surface area contributed by atoms with Crippen LogP contribution in [-0.2, 0) is 0 Å². The molecule has 98 valence electrons. The smallest absolute Gasteiger partial charge is 0.255 e. The van der Waals surface area contributed by atoms with Crippen LogP contribution in [0.3, 0.4) is 0 Å². The van der Waals surface area contributed by atoms with Crippen molar-refractivity contribution in [2.45, 2.75) is 0 Å². The van der Waals surface area contributed by atoms with E-state index in [9.17, 15) is 4.79 Å². The van der Waals surface area contributed by atoms with Crippen LogP contribution in [0.2, 0.25) is 0 Å². The molecule has 0 aliphatic carbocycles. The molecular formula is C16H13N3O. The molecule has 1 heterocycles. The van der Waals surface area contributed by atoms with Crippen LogP contribution in [0.5, 0.6) is 0 Å². The molecule has 0 spiro atoms. The highest BCUT2D eigenvalue weighted by Crippen LogP contribution is 2.28. The van der Waals surface area contributed by atoms with Gasteiger partial charge in [-0.15, -0.1) is 0 Å². The Balaban J connectivity index is 2.00. The molecule has 0 bridgehead atoms. The summed E-state index contributed by atoms with van der Waals surface area (Å²) in [5, 5.41) is 4.76. The van der Waals surface area contributed by atoms with Gasteiger partial charge in [0.15, 0.2) is 0 Å². The van der Waals surface area contributed by atoms with E-state index in [1.54, 1.807) is 30.6 Å². The zero-order valence-electron chi connectivity index (χ0n) is 10.7. The third-order valence-corrected chi connectivity index (χ3v) is 3.15. The summed E-state index contributed by atoms with van der Waals surface area (Å²) in [7, 11) is 0. The van der Waals surface area contributed by atoms with Crippen LogP contribution >= 0.6 is 0 Å². The summed E-state index contributed by atoms with van der Waals surface area (Å²) < 4.78 is 0. The molecule has 4 heteroatoms. The fraction of sp³-hybridized carbons (Fsp3) is 0. The molecule has 2 aromatic carbocycles. The fourth-order valence-electron chi connectivity index (χ4n) is 2.13. The van der Waals surface area contributed by atoms with E-state index in [0.29, 0.717) is 11.3 Å². The minimum atomic E-state index is -0.165. The molecule has 0 saturated carbocycles. The van der Waals surface area contributed by atoms with E-state index in [-0.39, 0.29) is 5.91 Å². The largest absolute Gasteiger partial charge is 0.398 e. The number of hydrogen-bond acceptors (Lipinski definition) is 3. The average Bonchev–Trinajstić information content (AvgIpc) is 2.51. The lowest BCUT2D eigenvalue weighted by Gasteiger charge is -2.10. The highest BCUT2D eigenvalue weighted by atomic mass is 16.1. The maximum atomic E-state index is 12.2. The monoisotopic (exact) mass is 263 g/mol. The number of nitrogen functional groups attached to an aromatic ring is 1. The predicted molar refractivity (Wildman–Crippen MR) is 80.6 cm³/mol. The number of rotatable bonds is 2. The lowest BCUT2D eigenvalue weighted by Crippen LogP contribution is -2.12. The van der Waals surface area contributed by atoms with Crippen molar-refractivity contribution in [2.24, 2.45) is 0 Å². The van der Waals surface area contributed by atoms with Gasteiger partial charge in [0.05, 0.1) is 0 Å². The van der Waals surface area contributed by atoms with Crippen molar-refractivity contribution in [1.82, 2.24) is 4.98 Å². The Labute approximate surface area is 116 Å². The predicted octanol–water partition coefficient (Wildman–Crippen LogP) is 3.07. The van der Waals surface area contributed by atoms with E-state index in [1.807, 2.05) is 30.3 Å². The van der Waals surface area contributed by atoms with Crippen molar-refractivity contribution in [1.29, 1.82) is 0 Å². The molecule has 0 unspecified atom stereocenters. The molecule has 3 aromatic rings. The van der Waals surface area contributed by atoms with Gasteiger partial charge in [0.25, 0.3) is 5.91 Å². The Morgan fingerprint density at radius 2 is 1.65 bits per heavy atom. The number of nitrogens with zero attached hydrogens (tertiary/aromatic N) is 1. The van der Waals surface area contributed by atoms with Crippen LogP contribution in [0.4, 0.5) is 11.4 Å². The molecule has 1 aromatic heterocycles.